The second-order valence-electron chi connectivity index (χ2n) is 34.9. The highest BCUT2D eigenvalue weighted by molar-refractivity contribution is 7.91. The fraction of sp³-hybridized carbons (Fsp3) is 0.138. The van der Waals surface area contributed by atoms with Crippen molar-refractivity contribution in [3.8, 4) is 55.6 Å². The molecule has 0 bridgehead atoms. The topological polar surface area (TPSA) is 411 Å². The zero-order valence-electron chi connectivity index (χ0n) is 81.5. The van der Waals surface area contributed by atoms with Gasteiger partial charge in [-0.05, 0) is 146 Å². The molecule has 0 unspecified atom stereocenters. The van der Waals surface area contributed by atoms with Crippen molar-refractivity contribution in [1.82, 2.24) is 88.3 Å². The summed E-state index contributed by atoms with van der Waals surface area (Å²) < 4.78 is 54.5. The predicted molar refractivity (Wildman–Crippen MR) is 599 cm³/mol. The first kappa shape index (κ1) is 103. The molecule has 0 radical (unpaired) electrons. The van der Waals surface area contributed by atoms with Crippen molar-refractivity contribution in [3.63, 3.8) is 0 Å². The molecule has 2 aliphatic heterocycles. The van der Waals surface area contributed by atoms with Gasteiger partial charge >= 0.3 is 0 Å². The molecule has 0 spiro atoms. The smallest absolute Gasteiger partial charge is 0.259 e. The van der Waals surface area contributed by atoms with Crippen molar-refractivity contribution < 1.29 is 16.8 Å². The van der Waals surface area contributed by atoms with Gasteiger partial charge in [0.25, 0.3) is 27.8 Å². The summed E-state index contributed by atoms with van der Waals surface area (Å²) in [4.78, 5) is 118. The Kier molecular flexibility index (Phi) is 31.3. The third-order valence-electron chi connectivity index (χ3n) is 24.7. The number of nitrogens with zero attached hydrogens (tertiary/aromatic N) is 18. The lowest BCUT2D eigenvalue weighted by atomic mass is 10.1. The molecule has 2 saturated heterocycles. The SMILES string of the molecule is Cn1c(=O)c(-c2ccccc2Cl)cc2cnc(Nc3cccc(N4CCNCC4)c3)nc21.Cn1c(=O)c(-c2ccccc2Cl)cc2cnc(Nc3cccc(N4CCNCC4)c3)nc21.Cn1c(=O)c(-c2ccccc2Cl)cc2cnc(Nc3cccc(S(C)(=O)=O)c3)nc21.Cn1c(=O)c(-c2ccccc2Cl)cc2cnc(Nc3cccc(S(C)(=O)=O)c3)nc21.Cn1c(=O)c(-c2ccccc2Cl)cc2cnc(Nc3cccnc3)nc21. The Morgan fingerprint density at radius 1 is 0.267 bits per heavy atom. The van der Waals surface area contributed by atoms with Gasteiger partial charge in [-0.1, -0.05) is 173 Å². The normalized spacial score (nSPS) is 12.5. The molecule has 20 aromatic rings. The zero-order valence-corrected chi connectivity index (χ0v) is 86.9. The summed E-state index contributed by atoms with van der Waals surface area (Å²) in [6.45, 7) is 7.84. The second-order valence-corrected chi connectivity index (χ2v) is 41.0. The Labute approximate surface area is 884 Å². The van der Waals surface area contributed by atoms with Gasteiger partial charge in [0.2, 0.25) is 29.7 Å². The second kappa shape index (κ2) is 45.4. The van der Waals surface area contributed by atoms with Gasteiger partial charge in [-0.15, -0.1) is 0 Å². The van der Waals surface area contributed by atoms with E-state index in [1.807, 2.05) is 103 Å². The molecule has 756 valence electrons. The highest BCUT2D eigenvalue weighted by Crippen LogP contribution is 2.36. The van der Waals surface area contributed by atoms with Crippen molar-refractivity contribution in [2.45, 2.75) is 9.79 Å². The predicted octanol–water partition coefficient (Wildman–Crippen LogP) is 19.0. The van der Waals surface area contributed by atoms with Crippen LogP contribution in [0.25, 0.3) is 111 Å². The number of benzene rings is 9. The Balaban J connectivity index is 0.000000123. The molecule has 150 heavy (non-hydrogen) atoms. The third-order valence-corrected chi connectivity index (χ3v) is 28.6. The lowest BCUT2D eigenvalue weighted by Crippen LogP contribution is -2.43. The van der Waals surface area contributed by atoms with Gasteiger partial charge in [-0.2, -0.15) is 24.9 Å². The molecule has 22 rings (SSSR count). The molecule has 0 aliphatic carbocycles. The number of sulfone groups is 2. The standard InChI is InChI=1S/2C24H23ClN6O.2C21H17ClN4O3S.C19H14ClN5O/c2*1-30-22-16(13-20(23(30)32)19-7-2-3-8-21(19)25)15-27-24(29-22)28-17-5-4-6-18(14-17)31-11-9-26-10-12-31;2*1-26-19-13(10-17(20(26)27)16-8-3-4-9-18(16)22)12-23-21(25-19)24-14-6-5-7-15(11-14)30(2,28)29;1-25-17-12(9-15(18(25)26)14-6-2-3-7-16(14)20)10-22-19(24-17)23-13-5-4-8-21-11-13/h2*2-8,13-15,26H,9-12H2,1H3,(H,27,28,29);2*3-12H,1-2H3,(H,23,24,25);2-11H,1H3,(H,22,23,24). The fourth-order valence-electron chi connectivity index (χ4n) is 17.0. The minimum atomic E-state index is -3.34. The quantitative estimate of drug-likeness (QED) is 0.0395. The van der Waals surface area contributed by atoms with E-state index in [4.69, 9.17) is 58.0 Å². The van der Waals surface area contributed by atoms with Crippen LogP contribution in [0, 0.1) is 0 Å². The lowest BCUT2D eigenvalue weighted by Gasteiger charge is -2.29. The molecule has 0 amide bonds. The highest BCUT2D eigenvalue weighted by atomic mass is 35.5. The fourth-order valence-corrected chi connectivity index (χ4v) is 19.5. The minimum Gasteiger partial charge on any atom is -0.369 e. The molecule has 7 N–H and O–H groups in total. The van der Waals surface area contributed by atoms with Gasteiger partial charge in [-0.25, -0.2) is 41.8 Å². The van der Waals surface area contributed by atoms with Crippen molar-refractivity contribution in [3.05, 3.63) is 381 Å². The van der Waals surface area contributed by atoms with Crippen molar-refractivity contribution in [1.29, 1.82) is 0 Å². The van der Waals surface area contributed by atoms with E-state index in [1.54, 1.807) is 188 Å². The largest absolute Gasteiger partial charge is 0.369 e. The number of anilines is 12. The van der Waals surface area contributed by atoms with Crippen LogP contribution in [0.1, 0.15) is 0 Å². The maximum atomic E-state index is 13.0. The summed E-state index contributed by atoms with van der Waals surface area (Å²) in [6.07, 6.45) is 14.0. The summed E-state index contributed by atoms with van der Waals surface area (Å²) >= 11 is 31.4. The molecule has 11 aromatic heterocycles. The molecule has 2 aliphatic rings. The van der Waals surface area contributed by atoms with E-state index < -0.39 is 19.7 Å². The van der Waals surface area contributed by atoms with Crippen LogP contribution < -0.4 is 74.8 Å². The molecule has 34 nitrogen and oxygen atoms in total. The van der Waals surface area contributed by atoms with Gasteiger partial charge in [0.15, 0.2) is 19.7 Å². The van der Waals surface area contributed by atoms with E-state index in [2.05, 4.69) is 126 Å². The molecular weight excluding hydrogens is 2040 g/mol. The number of halogens is 5. The van der Waals surface area contributed by atoms with Crippen LogP contribution in [0.3, 0.4) is 0 Å². The van der Waals surface area contributed by atoms with Crippen molar-refractivity contribution in [2.24, 2.45) is 35.2 Å². The molecule has 0 atom stereocenters. The maximum absolute atomic E-state index is 13.0. The van der Waals surface area contributed by atoms with Gasteiger partial charge < -0.3 is 47.0 Å². The Morgan fingerprint density at radius 3 is 0.740 bits per heavy atom. The Bertz CT molecular complexity index is 8750. The van der Waals surface area contributed by atoms with Crippen LogP contribution in [0.5, 0.6) is 0 Å². The first-order valence-corrected chi connectivity index (χ1v) is 52.5. The third kappa shape index (κ3) is 23.7. The molecule has 9 aromatic carbocycles. The van der Waals surface area contributed by atoms with Crippen LogP contribution >= 0.6 is 58.0 Å². The number of hydrogen-bond donors (Lipinski definition) is 7. The van der Waals surface area contributed by atoms with Gasteiger partial charge in [0.05, 0.1) is 21.7 Å². The monoisotopic (exact) mass is 2140 g/mol. The van der Waals surface area contributed by atoms with E-state index in [-0.39, 0.29) is 49.5 Å². The molecular formula is C109H94Cl5N25O9S2. The number of piperazine rings is 2. The lowest BCUT2D eigenvalue weighted by molar-refractivity contribution is 0.589. The minimum absolute atomic E-state index is 0.157. The highest BCUT2D eigenvalue weighted by Gasteiger charge is 2.24. The maximum Gasteiger partial charge on any atom is 0.259 e. The van der Waals surface area contributed by atoms with Gasteiger partial charge in [0.1, 0.15) is 28.2 Å². The average Bonchev–Trinajstić information content (AvgIpc) is 0.781. The van der Waals surface area contributed by atoms with Crippen LogP contribution in [-0.2, 0) is 54.9 Å². The molecule has 0 saturated carbocycles. The first-order valence-electron chi connectivity index (χ1n) is 46.9. The average molecular weight is 2140 g/mol. The number of aryl methyl sites for hydroxylation is 5. The number of pyridine rings is 6. The number of aromatic nitrogens is 16. The first-order chi connectivity index (χ1) is 72.3. The number of fused-ring (bicyclic) bond motifs is 5. The summed E-state index contributed by atoms with van der Waals surface area (Å²) in [5.41, 5.74) is 13.4. The van der Waals surface area contributed by atoms with Crippen LogP contribution in [0.4, 0.5) is 69.6 Å². The number of nitrogens with one attached hydrogen (secondary N) is 7. The van der Waals surface area contributed by atoms with Gasteiger partial charge in [-0.3, -0.25) is 51.8 Å². The van der Waals surface area contributed by atoms with Crippen LogP contribution in [0.15, 0.2) is 338 Å². The van der Waals surface area contributed by atoms with Crippen molar-refractivity contribution >= 4 is 202 Å². The Morgan fingerprint density at radius 2 is 0.500 bits per heavy atom. The summed E-state index contributed by atoms with van der Waals surface area (Å²) in [6, 6.07) is 77.8. The van der Waals surface area contributed by atoms with E-state index in [1.165, 1.54) is 47.1 Å². The van der Waals surface area contributed by atoms with E-state index in [0.29, 0.717) is 149 Å². The Hall–Kier alpha value is -16.6. The van der Waals surface area contributed by atoms with Crippen LogP contribution in [-0.4, -0.2) is 159 Å². The van der Waals surface area contributed by atoms with E-state index >= 15 is 0 Å². The summed E-state index contributed by atoms with van der Waals surface area (Å²) in [5, 5.41) is 28.5. The summed E-state index contributed by atoms with van der Waals surface area (Å²) in [7, 11) is 1.71. The van der Waals surface area contributed by atoms with E-state index in [0.717, 1.165) is 109 Å². The summed E-state index contributed by atoms with van der Waals surface area (Å²) in [5.74, 6) is 1.76. The zero-order chi connectivity index (χ0) is 105. The van der Waals surface area contributed by atoms with Gasteiger partial charge in [0, 0.05) is 279 Å². The van der Waals surface area contributed by atoms with E-state index in [9.17, 15) is 40.8 Å². The molecule has 13 heterocycles. The molecule has 2 fully saturated rings. The number of rotatable bonds is 19. The van der Waals surface area contributed by atoms with Crippen molar-refractivity contribution in [2.75, 3.05) is 101 Å². The van der Waals surface area contributed by atoms with Crippen LogP contribution in [0.2, 0.25) is 25.1 Å². The molecule has 41 heteroatoms. The number of hydrogen-bond acceptors (Lipinski definition) is 29.